The molecule has 0 saturated heterocycles. The van der Waals surface area contributed by atoms with Gasteiger partial charge in [0.15, 0.2) is 0 Å². The van der Waals surface area contributed by atoms with Crippen LogP contribution < -0.4 is 10.1 Å². The van der Waals surface area contributed by atoms with Gasteiger partial charge in [-0.3, -0.25) is 9.59 Å². The highest BCUT2D eigenvalue weighted by Gasteiger charge is 2.55. The number of nitrogens with one attached hydrogen (secondary N) is 1. The van der Waals surface area contributed by atoms with Gasteiger partial charge in [-0.15, -0.1) is 0 Å². The molecule has 0 unspecified atom stereocenters. The third-order valence-electron chi connectivity index (χ3n) is 5.86. The van der Waals surface area contributed by atoms with Crippen molar-refractivity contribution in [3.63, 3.8) is 0 Å². The van der Waals surface area contributed by atoms with Crippen molar-refractivity contribution < 1.29 is 14.3 Å². The van der Waals surface area contributed by atoms with Gasteiger partial charge in [-0.1, -0.05) is 0 Å². The molecule has 0 heterocycles. The fraction of sp³-hybridized carbons (Fsp3) is 0.579. The average Bonchev–Trinajstić information content (AvgIpc) is 2.47. The molecule has 0 spiro atoms. The second kappa shape index (κ2) is 5.36. The van der Waals surface area contributed by atoms with E-state index in [0.717, 1.165) is 37.0 Å². The predicted molar refractivity (Wildman–Crippen MR) is 87.0 cm³/mol. The lowest BCUT2D eigenvalue weighted by Gasteiger charge is -2.55. The van der Waals surface area contributed by atoms with Gasteiger partial charge in [0.2, 0.25) is 5.91 Å². The number of ether oxygens (including phenoxy) is 1. The number of hydrogen-bond donors (Lipinski definition) is 1. The Morgan fingerprint density at radius 3 is 2.00 bits per heavy atom. The van der Waals surface area contributed by atoms with Crippen molar-refractivity contribution in [1.82, 2.24) is 0 Å². The molecule has 1 amide bonds. The molecule has 1 aromatic rings. The molecule has 0 aliphatic heterocycles. The summed E-state index contributed by atoms with van der Waals surface area (Å²) in [7, 11) is 0. The van der Waals surface area contributed by atoms with E-state index < -0.39 is 0 Å². The van der Waals surface area contributed by atoms with Crippen molar-refractivity contribution in [2.24, 2.45) is 23.2 Å². The average molecular weight is 313 g/mol. The molecular weight excluding hydrogens is 290 g/mol. The van der Waals surface area contributed by atoms with Crippen LogP contribution in [0.1, 0.15) is 45.4 Å². The standard InChI is InChI=1S/C19H23NO3/c1-12(21)20-16-2-4-17(5-3-16)23-18(22)19-9-13-6-14(10-19)8-15(7-13)11-19/h2-5,13-15H,6-11H2,1H3,(H,20,21). The van der Waals surface area contributed by atoms with Crippen molar-refractivity contribution in [3.8, 4) is 5.75 Å². The Bertz CT molecular complexity index is 599. The fourth-order valence-corrected chi connectivity index (χ4v) is 5.39. The van der Waals surface area contributed by atoms with E-state index in [2.05, 4.69) is 5.32 Å². The van der Waals surface area contributed by atoms with Gasteiger partial charge in [0.05, 0.1) is 5.41 Å². The lowest BCUT2D eigenvalue weighted by Crippen LogP contribution is -2.51. The molecule has 0 radical (unpaired) electrons. The molecular formula is C19H23NO3. The third kappa shape index (κ3) is 2.75. The van der Waals surface area contributed by atoms with E-state index in [-0.39, 0.29) is 17.3 Å². The van der Waals surface area contributed by atoms with Crippen LogP contribution in [0.25, 0.3) is 0 Å². The van der Waals surface area contributed by atoms with Crippen LogP contribution in [0.2, 0.25) is 0 Å². The molecule has 4 heteroatoms. The normalized spacial score (nSPS) is 34.2. The lowest BCUT2D eigenvalue weighted by molar-refractivity contribution is -0.161. The highest BCUT2D eigenvalue weighted by atomic mass is 16.5. The van der Waals surface area contributed by atoms with Crippen LogP contribution in [0, 0.1) is 23.2 Å². The summed E-state index contributed by atoms with van der Waals surface area (Å²) in [6.45, 7) is 1.47. The Hall–Kier alpha value is -1.84. The minimum absolute atomic E-state index is 0.0381. The minimum atomic E-state index is -0.231. The first-order valence-electron chi connectivity index (χ1n) is 8.62. The van der Waals surface area contributed by atoms with Crippen LogP contribution in [0.4, 0.5) is 5.69 Å². The number of carbonyl (C=O) groups is 2. The number of anilines is 1. The van der Waals surface area contributed by atoms with Crippen LogP contribution in [-0.2, 0) is 9.59 Å². The number of benzene rings is 1. The third-order valence-corrected chi connectivity index (χ3v) is 5.86. The van der Waals surface area contributed by atoms with Gasteiger partial charge < -0.3 is 10.1 Å². The van der Waals surface area contributed by atoms with Crippen LogP contribution in [-0.4, -0.2) is 11.9 Å². The molecule has 4 saturated carbocycles. The summed E-state index contributed by atoms with van der Waals surface area (Å²) in [6.07, 6.45) is 7.00. The Kier molecular flexibility index (Phi) is 3.43. The summed E-state index contributed by atoms with van der Waals surface area (Å²) in [5, 5.41) is 2.71. The van der Waals surface area contributed by atoms with Crippen LogP contribution in [0.3, 0.4) is 0 Å². The van der Waals surface area contributed by atoms with Crippen molar-refractivity contribution in [3.05, 3.63) is 24.3 Å². The largest absolute Gasteiger partial charge is 0.426 e. The van der Waals surface area contributed by atoms with E-state index >= 15 is 0 Å². The molecule has 4 aliphatic carbocycles. The Morgan fingerprint density at radius 1 is 1.00 bits per heavy atom. The lowest BCUT2D eigenvalue weighted by atomic mass is 9.49. The minimum Gasteiger partial charge on any atom is -0.426 e. The molecule has 4 bridgehead atoms. The quantitative estimate of drug-likeness (QED) is 0.682. The molecule has 0 atom stereocenters. The van der Waals surface area contributed by atoms with E-state index in [4.69, 9.17) is 4.74 Å². The van der Waals surface area contributed by atoms with E-state index in [1.807, 2.05) is 0 Å². The number of carbonyl (C=O) groups excluding carboxylic acids is 2. The van der Waals surface area contributed by atoms with E-state index in [9.17, 15) is 9.59 Å². The molecule has 23 heavy (non-hydrogen) atoms. The first-order valence-corrected chi connectivity index (χ1v) is 8.62. The highest BCUT2D eigenvalue weighted by molar-refractivity contribution is 5.88. The Labute approximate surface area is 136 Å². The summed E-state index contributed by atoms with van der Waals surface area (Å²) in [4.78, 5) is 23.9. The number of hydrogen-bond acceptors (Lipinski definition) is 3. The van der Waals surface area contributed by atoms with Crippen molar-refractivity contribution in [2.75, 3.05) is 5.32 Å². The smallest absolute Gasteiger partial charge is 0.317 e. The number of esters is 1. The molecule has 4 nitrogen and oxygen atoms in total. The van der Waals surface area contributed by atoms with Crippen LogP contribution in [0.15, 0.2) is 24.3 Å². The topological polar surface area (TPSA) is 55.4 Å². The summed E-state index contributed by atoms with van der Waals surface area (Å²) in [6, 6.07) is 7.04. The van der Waals surface area contributed by atoms with Gasteiger partial charge in [0.1, 0.15) is 5.75 Å². The molecule has 0 aromatic heterocycles. The van der Waals surface area contributed by atoms with Crippen molar-refractivity contribution in [2.45, 2.75) is 45.4 Å². The van der Waals surface area contributed by atoms with Crippen LogP contribution in [0.5, 0.6) is 5.75 Å². The highest BCUT2D eigenvalue weighted by Crippen LogP contribution is 2.60. The molecule has 1 aromatic carbocycles. The van der Waals surface area contributed by atoms with Crippen molar-refractivity contribution in [1.29, 1.82) is 0 Å². The number of rotatable bonds is 3. The molecule has 4 aliphatic rings. The molecule has 1 N–H and O–H groups in total. The zero-order valence-corrected chi connectivity index (χ0v) is 13.5. The second-order valence-electron chi connectivity index (χ2n) is 7.79. The molecule has 122 valence electrons. The van der Waals surface area contributed by atoms with Crippen LogP contribution >= 0.6 is 0 Å². The monoisotopic (exact) mass is 313 g/mol. The van der Waals surface area contributed by atoms with Gasteiger partial charge in [0.25, 0.3) is 0 Å². The van der Waals surface area contributed by atoms with E-state index in [0.29, 0.717) is 11.4 Å². The Balaban J connectivity index is 1.46. The van der Waals surface area contributed by atoms with Gasteiger partial charge in [-0.25, -0.2) is 0 Å². The zero-order valence-electron chi connectivity index (χ0n) is 13.5. The molecule has 5 rings (SSSR count). The fourth-order valence-electron chi connectivity index (χ4n) is 5.39. The maximum absolute atomic E-state index is 12.8. The SMILES string of the molecule is CC(=O)Nc1ccc(OC(=O)C23CC4CC(CC(C4)C2)C3)cc1. The molecule has 4 fully saturated rings. The summed E-state index contributed by atoms with van der Waals surface area (Å²) < 4.78 is 5.71. The van der Waals surface area contributed by atoms with Crippen molar-refractivity contribution >= 4 is 17.6 Å². The van der Waals surface area contributed by atoms with E-state index in [1.54, 1.807) is 24.3 Å². The van der Waals surface area contributed by atoms with Gasteiger partial charge >= 0.3 is 5.97 Å². The Morgan fingerprint density at radius 2 is 1.52 bits per heavy atom. The van der Waals surface area contributed by atoms with Gasteiger partial charge in [-0.05, 0) is 80.5 Å². The summed E-state index contributed by atoms with van der Waals surface area (Å²) in [5.74, 6) is 2.62. The van der Waals surface area contributed by atoms with Gasteiger partial charge in [-0.2, -0.15) is 0 Å². The maximum atomic E-state index is 12.8. The first-order chi connectivity index (χ1) is 11.0. The van der Waals surface area contributed by atoms with Gasteiger partial charge in [0, 0.05) is 12.6 Å². The first kappa shape index (κ1) is 14.7. The zero-order chi connectivity index (χ0) is 16.0. The maximum Gasteiger partial charge on any atom is 0.317 e. The number of amides is 1. The summed E-state index contributed by atoms with van der Waals surface area (Å²) in [5.41, 5.74) is 0.484. The predicted octanol–water partition coefficient (Wildman–Crippen LogP) is 3.77. The summed E-state index contributed by atoms with van der Waals surface area (Å²) >= 11 is 0. The second-order valence-corrected chi connectivity index (χ2v) is 7.79. The van der Waals surface area contributed by atoms with E-state index in [1.165, 1.54) is 26.2 Å².